The van der Waals surface area contributed by atoms with E-state index in [1.807, 2.05) is 12.3 Å². The first-order chi connectivity index (χ1) is 13.6. The quantitative estimate of drug-likeness (QED) is 0.654. The summed E-state index contributed by atoms with van der Waals surface area (Å²) in [5.74, 6) is 0.0222. The van der Waals surface area contributed by atoms with Crippen molar-refractivity contribution in [3.05, 3.63) is 51.1 Å². The van der Waals surface area contributed by atoms with Gasteiger partial charge in [-0.05, 0) is 38.4 Å². The smallest absolute Gasteiger partial charge is 0.307 e. The number of amides is 1. The summed E-state index contributed by atoms with van der Waals surface area (Å²) in [6.07, 6.45) is 2.44. The predicted octanol–water partition coefficient (Wildman–Crippen LogP) is 2.33. The van der Waals surface area contributed by atoms with Crippen molar-refractivity contribution in [3.8, 4) is 0 Å². The van der Waals surface area contributed by atoms with Crippen molar-refractivity contribution in [2.75, 3.05) is 44.2 Å². The maximum absolute atomic E-state index is 12.0. The molecule has 3 rings (SSSR count). The van der Waals surface area contributed by atoms with Gasteiger partial charge >= 0.3 is 4.87 Å². The summed E-state index contributed by atoms with van der Waals surface area (Å²) in [6.45, 7) is 8.49. The number of carbonyl (C=O) groups excluding carboxylic acids is 1. The zero-order valence-electron chi connectivity index (χ0n) is 16.6. The number of hydrogen-bond donors (Lipinski definition) is 1. The van der Waals surface area contributed by atoms with Crippen LogP contribution < -0.4 is 15.1 Å². The number of nitrogens with zero attached hydrogens (tertiary/aromatic N) is 3. The van der Waals surface area contributed by atoms with Crippen LogP contribution in [0.15, 0.2) is 40.5 Å². The lowest BCUT2D eigenvalue weighted by molar-refractivity contribution is -0.121. The van der Waals surface area contributed by atoms with Gasteiger partial charge in [0.15, 0.2) is 0 Å². The molecule has 1 N–H and O–H groups in total. The number of carbonyl (C=O) groups is 1. The average Bonchev–Trinajstić information content (AvgIpc) is 3.05. The standard InChI is InChI=1S/C21H30N4O2S/c1-18-17-28-21(27)25(18)12-9-20(26)22-10-5-6-11-23-13-15-24(16-14-23)19-7-3-2-4-8-19/h2-4,7-8,17H,5-6,9-16H2,1H3,(H,22,26). The summed E-state index contributed by atoms with van der Waals surface area (Å²) in [6, 6.07) is 10.6. The number of unbranched alkanes of at least 4 members (excludes halogenated alkanes) is 1. The van der Waals surface area contributed by atoms with Crippen molar-refractivity contribution >= 4 is 22.9 Å². The van der Waals surface area contributed by atoms with E-state index in [9.17, 15) is 9.59 Å². The van der Waals surface area contributed by atoms with E-state index >= 15 is 0 Å². The van der Waals surface area contributed by atoms with E-state index in [0.29, 0.717) is 19.5 Å². The SMILES string of the molecule is Cc1csc(=O)n1CCC(=O)NCCCCN1CCN(c2ccccc2)CC1. The van der Waals surface area contributed by atoms with Crippen molar-refractivity contribution in [1.29, 1.82) is 0 Å². The molecule has 1 aliphatic rings. The van der Waals surface area contributed by atoms with Crippen molar-refractivity contribution < 1.29 is 4.79 Å². The Kier molecular flexibility index (Phi) is 7.68. The van der Waals surface area contributed by atoms with E-state index in [1.165, 1.54) is 17.0 Å². The Balaban J connectivity index is 1.24. The Hall–Kier alpha value is -2.12. The molecule has 1 amide bonds. The fraction of sp³-hybridized carbons (Fsp3) is 0.524. The minimum atomic E-state index is 0.0117. The van der Waals surface area contributed by atoms with Gasteiger partial charge in [-0.25, -0.2) is 0 Å². The summed E-state index contributed by atoms with van der Waals surface area (Å²) in [7, 11) is 0. The monoisotopic (exact) mass is 402 g/mol. The van der Waals surface area contributed by atoms with Crippen LogP contribution in [0.5, 0.6) is 0 Å². The molecule has 0 unspecified atom stereocenters. The van der Waals surface area contributed by atoms with E-state index in [4.69, 9.17) is 0 Å². The zero-order chi connectivity index (χ0) is 19.8. The fourth-order valence-corrected chi connectivity index (χ4v) is 4.29. The van der Waals surface area contributed by atoms with E-state index < -0.39 is 0 Å². The molecular weight excluding hydrogens is 372 g/mol. The molecule has 1 saturated heterocycles. The van der Waals surface area contributed by atoms with Crippen LogP contribution in [-0.4, -0.2) is 54.6 Å². The van der Waals surface area contributed by atoms with Gasteiger partial charge < -0.3 is 14.8 Å². The Bertz CT molecular complexity index is 794. The number of benzene rings is 1. The lowest BCUT2D eigenvalue weighted by Crippen LogP contribution is -2.46. The molecule has 2 heterocycles. The number of aromatic nitrogens is 1. The molecular formula is C21H30N4O2S. The van der Waals surface area contributed by atoms with Gasteiger partial charge in [-0.2, -0.15) is 0 Å². The third-order valence-electron chi connectivity index (χ3n) is 5.26. The first-order valence-electron chi connectivity index (χ1n) is 10.1. The third kappa shape index (κ3) is 5.94. The number of anilines is 1. The normalized spacial score (nSPS) is 15.0. The number of para-hydroxylation sites is 1. The lowest BCUT2D eigenvalue weighted by atomic mass is 10.2. The van der Waals surface area contributed by atoms with Crippen LogP contribution in [0.1, 0.15) is 25.0 Å². The van der Waals surface area contributed by atoms with Crippen molar-refractivity contribution in [1.82, 2.24) is 14.8 Å². The molecule has 1 aromatic heterocycles. The minimum Gasteiger partial charge on any atom is -0.369 e. The molecule has 0 saturated carbocycles. The summed E-state index contributed by atoms with van der Waals surface area (Å²) in [4.78, 5) is 28.6. The van der Waals surface area contributed by atoms with Gasteiger partial charge in [0, 0.05) is 62.5 Å². The van der Waals surface area contributed by atoms with Crippen molar-refractivity contribution in [2.45, 2.75) is 32.7 Å². The lowest BCUT2D eigenvalue weighted by Gasteiger charge is -2.36. The molecule has 1 aliphatic heterocycles. The first kappa shape index (κ1) is 20.6. The highest BCUT2D eigenvalue weighted by Gasteiger charge is 2.16. The maximum atomic E-state index is 12.0. The predicted molar refractivity (Wildman–Crippen MR) is 115 cm³/mol. The number of rotatable bonds is 9. The van der Waals surface area contributed by atoms with E-state index in [-0.39, 0.29) is 10.8 Å². The molecule has 0 bridgehead atoms. The molecule has 0 spiro atoms. The van der Waals surface area contributed by atoms with Gasteiger partial charge in [-0.15, -0.1) is 0 Å². The van der Waals surface area contributed by atoms with Crippen LogP contribution in [0.3, 0.4) is 0 Å². The minimum absolute atomic E-state index is 0.0117. The van der Waals surface area contributed by atoms with Gasteiger partial charge in [-0.1, -0.05) is 29.5 Å². The molecule has 1 fully saturated rings. The second kappa shape index (κ2) is 10.4. The molecule has 28 heavy (non-hydrogen) atoms. The number of piperazine rings is 1. The molecule has 0 radical (unpaired) electrons. The molecule has 6 nitrogen and oxygen atoms in total. The van der Waals surface area contributed by atoms with Gasteiger partial charge in [0.25, 0.3) is 0 Å². The topological polar surface area (TPSA) is 57.6 Å². The molecule has 152 valence electrons. The summed E-state index contributed by atoms with van der Waals surface area (Å²) in [5.41, 5.74) is 2.24. The van der Waals surface area contributed by atoms with Crippen molar-refractivity contribution in [3.63, 3.8) is 0 Å². The van der Waals surface area contributed by atoms with E-state index in [0.717, 1.165) is 51.3 Å². The number of nitrogens with one attached hydrogen (secondary N) is 1. The average molecular weight is 403 g/mol. The number of aryl methyl sites for hydroxylation is 1. The first-order valence-corrected chi connectivity index (χ1v) is 11.0. The summed E-state index contributed by atoms with van der Waals surface area (Å²) >= 11 is 1.19. The highest BCUT2D eigenvalue weighted by Crippen LogP contribution is 2.15. The largest absolute Gasteiger partial charge is 0.369 e. The Morgan fingerprint density at radius 1 is 1.07 bits per heavy atom. The molecule has 0 aliphatic carbocycles. The Labute approximate surface area is 170 Å². The number of hydrogen-bond acceptors (Lipinski definition) is 5. The number of thiazole rings is 1. The van der Waals surface area contributed by atoms with Gasteiger partial charge in [-0.3, -0.25) is 14.5 Å². The van der Waals surface area contributed by atoms with Gasteiger partial charge in [0.1, 0.15) is 0 Å². The second-order valence-electron chi connectivity index (χ2n) is 7.27. The molecule has 0 atom stereocenters. The summed E-state index contributed by atoms with van der Waals surface area (Å²) in [5, 5.41) is 4.81. The van der Waals surface area contributed by atoms with E-state index in [2.05, 4.69) is 45.4 Å². The van der Waals surface area contributed by atoms with E-state index in [1.54, 1.807) is 4.57 Å². The Morgan fingerprint density at radius 3 is 2.50 bits per heavy atom. The van der Waals surface area contributed by atoms with Crippen LogP contribution in [-0.2, 0) is 11.3 Å². The van der Waals surface area contributed by atoms with Gasteiger partial charge in [0.2, 0.25) is 5.91 Å². The van der Waals surface area contributed by atoms with Crippen LogP contribution in [0.2, 0.25) is 0 Å². The second-order valence-corrected chi connectivity index (χ2v) is 8.09. The fourth-order valence-electron chi connectivity index (χ4n) is 3.53. The molecule has 7 heteroatoms. The highest BCUT2D eigenvalue weighted by atomic mass is 32.1. The van der Waals surface area contributed by atoms with Crippen LogP contribution >= 0.6 is 11.3 Å². The van der Waals surface area contributed by atoms with Gasteiger partial charge in [0.05, 0.1) is 0 Å². The third-order valence-corrected chi connectivity index (χ3v) is 6.14. The maximum Gasteiger partial charge on any atom is 0.307 e. The van der Waals surface area contributed by atoms with Crippen LogP contribution in [0.25, 0.3) is 0 Å². The molecule has 2 aromatic rings. The summed E-state index contributed by atoms with van der Waals surface area (Å²) < 4.78 is 1.67. The van der Waals surface area contributed by atoms with Crippen LogP contribution in [0.4, 0.5) is 5.69 Å². The van der Waals surface area contributed by atoms with Crippen LogP contribution in [0, 0.1) is 6.92 Å². The molecule has 1 aromatic carbocycles. The van der Waals surface area contributed by atoms with Crippen molar-refractivity contribution in [2.24, 2.45) is 0 Å². The Morgan fingerprint density at radius 2 is 1.82 bits per heavy atom. The highest BCUT2D eigenvalue weighted by molar-refractivity contribution is 7.07. The zero-order valence-corrected chi connectivity index (χ0v) is 17.4.